The first-order valence-electron chi connectivity index (χ1n) is 25.1. The number of carbonyl (C=O) groups excluding carboxylic acids is 9. The SMILES string of the molecule is CN[C@@H](CSSC[C@@H](NC(=O)CCc1ccc(Cl)cc1)C(=O)N[C@@H](Cc1ccccc1)C(=O)N[C@H](Cc1ccc(C(N)=O)cc1)C(=O)N[C@@H](CCCCN)C(=O)NC(C=O)C(C)O)C(=O)N[C@H](Cc1ccc(O)cc1)C(N)=O. The molecule has 0 saturated heterocycles. The normalized spacial score (nSPS) is 14.1. The standard InChI is InChI=1S/C54H69ClN10O11S2/c1-32(67)44(29-66)65-50(72)40(10-6-7-25-56)61-51(73)43(28-35-11-18-37(19-12-35)48(57)70)63-52(74)42(27-34-8-4-3-5-9-34)64-54(76)46(60-47(69)24-17-33-13-20-38(55)21-14-33)31-78-77-30-45(59-2)53(75)62-41(49(58)71)26-36-15-22-39(68)23-16-36/h3-5,8-9,11-16,18-23,29,32,40-46,59,67-68H,6-7,10,17,24-28,30-31,56H2,1-2H3,(H2,57,70)(H2,58,71)(H,60,69)(H,61,73)(H,62,75)(H,63,74)(H,64,76)(H,65,72)/t32?,40-,41+,42-,43+,44?,45-,46+/m0/s1. The summed E-state index contributed by atoms with van der Waals surface area (Å²) in [6, 6.07) is 19.2. The molecule has 8 atom stereocenters. The number of phenolic OH excluding ortho intramolecular Hbond substituents is 1. The van der Waals surface area contributed by atoms with Gasteiger partial charge >= 0.3 is 0 Å². The second-order valence-corrected chi connectivity index (χ2v) is 21.3. The number of aliphatic hydroxyl groups is 1. The topological polar surface area (TPSA) is 356 Å². The van der Waals surface area contributed by atoms with Gasteiger partial charge in [0, 0.05) is 47.8 Å². The molecule has 21 nitrogen and oxygen atoms in total. The maximum absolute atomic E-state index is 14.7. The molecule has 0 aliphatic heterocycles. The van der Waals surface area contributed by atoms with Crippen LogP contribution >= 0.6 is 33.2 Å². The van der Waals surface area contributed by atoms with Gasteiger partial charge in [-0.3, -0.25) is 38.4 Å². The Morgan fingerprint density at radius 1 is 0.590 bits per heavy atom. The Labute approximate surface area is 465 Å². The third kappa shape index (κ3) is 22.1. The molecule has 4 aromatic rings. The molecule has 420 valence electrons. The van der Waals surface area contributed by atoms with Gasteiger partial charge in [0.2, 0.25) is 47.3 Å². The summed E-state index contributed by atoms with van der Waals surface area (Å²) in [4.78, 5) is 120. The Kier molecular flexibility index (Phi) is 27.1. The zero-order valence-corrected chi connectivity index (χ0v) is 45.7. The minimum absolute atomic E-state index is 0.0262. The first-order chi connectivity index (χ1) is 37.3. The lowest BCUT2D eigenvalue weighted by Gasteiger charge is -2.27. The van der Waals surface area contributed by atoms with Crippen molar-refractivity contribution in [1.29, 1.82) is 0 Å². The van der Waals surface area contributed by atoms with Crippen LogP contribution in [0.4, 0.5) is 0 Å². The van der Waals surface area contributed by atoms with Crippen LogP contribution in [-0.4, -0.2) is 137 Å². The Morgan fingerprint density at radius 2 is 1.06 bits per heavy atom. The summed E-state index contributed by atoms with van der Waals surface area (Å²) in [5.74, 6) is -5.58. The maximum atomic E-state index is 14.7. The van der Waals surface area contributed by atoms with E-state index in [4.69, 9.17) is 28.8 Å². The van der Waals surface area contributed by atoms with Crippen LogP contribution in [0.5, 0.6) is 5.75 Å². The molecule has 0 aromatic heterocycles. The third-order valence-electron chi connectivity index (χ3n) is 12.2. The van der Waals surface area contributed by atoms with Crippen molar-refractivity contribution in [3.8, 4) is 5.75 Å². The molecule has 0 aliphatic rings. The summed E-state index contributed by atoms with van der Waals surface area (Å²) in [7, 11) is 3.90. The van der Waals surface area contributed by atoms with E-state index in [0.717, 1.165) is 16.4 Å². The van der Waals surface area contributed by atoms with Crippen molar-refractivity contribution in [3.05, 3.63) is 136 Å². The number of benzene rings is 4. The van der Waals surface area contributed by atoms with E-state index in [2.05, 4.69) is 37.2 Å². The fourth-order valence-corrected chi connectivity index (χ4v) is 10.2. The molecule has 0 bridgehead atoms. The predicted molar refractivity (Wildman–Crippen MR) is 300 cm³/mol. The number of unbranched alkanes of at least 4 members (excludes halogenated alkanes) is 1. The fourth-order valence-electron chi connectivity index (χ4n) is 7.66. The number of aldehydes is 1. The van der Waals surface area contributed by atoms with E-state index in [9.17, 15) is 53.4 Å². The van der Waals surface area contributed by atoms with E-state index in [1.54, 1.807) is 73.8 Å². The van der Waals surface area contributed by atoms with Crippen LogP contribution < -0.4 is 54.4 Å². The Bertz CT molecular complexity index is 2620. The number of rotatable bonds is 34. The summed E-state index contributed by atoms with van der Waals surface area (Å²) >= 11 is 6.07. The van der Waals surface area contributed by atoms with E-state index < -0.39 is 95.7 Å². The van der Waals surface area contributed by atoms with E-state index in [-0.39, 0.29) is 61.5 Å². The molecule has 8 amide bonds. The zero-order chi connectivity index (χ0) is 57.1. The first kappa shape index (κ1) is 63.5. The molecule has 4 aromatic carbocycles. The minimum atomic E-state index is -1.42. The number of nitrogens with one attached hydrogen (secondary N) is 7. The molecule has 0 spiro atoms. The van der Waals surface area contributed by atoms with Crippen LogP contribution in [0.25, 0.3) is 0 Å². The van der Waals surface area contributed by atoms with Crippen LogP contribution in [0.1, 0.15) is 65.2 Å². The number of primary amides is 2. The molecule has 0 heterocycles. The predicted octanol–water partition coefficient (Wildman–Crippen LogP) is 0.877. The van der Waals surface area contributed by atoms with Crippen molar-refractivity contribution < 1.29 is 53.4 Å². The minimum Gasteiger partial charge on any atom is -0.508 e. The Balaban J connectivity index is 1.61. The van der Waals surface area contributed by atoms with Gasteiger partial charge in [-0.25, -0.2) is 0 Å². The number of phenols is 1. The highest BCUT2D eigenvalue weighted by Gasteiger charge is 2.33. The van der Waals surface area contributed by atoms with Crippen molar-refractivity contribution in [2.75, 3.05) is 25.1 Å². The van der Waals surface area contributed by atoms with E-state index >= 15 is 0 Å². The van der Waals surface area contributed by atoms with Gasteiger partial charge < -0.3 is 69.4 Å². The highest BCUT2D eigenvalue weighted by Crippen LogP contribution is 2.24. The largest absolute Gasteiger partial charge is 0.508 e. The number of aromatic hydroxyl groups is 1. The van der Waals surface area contributed by atoms with E-state index in [1.165, 1.54) is 54.1 Å². The molecule has 24 heteroatoms. The molecule has 0 radical (unpaired) electrons. The number of likely N-dealkylation sites (N-methyl/N-ethyl adjacent to an activating group) is 1. The van der Waals surface area contributed by atoms with Crippen LogP contribution in [0.15, 0.2) is 103 Å². The van der Waals surface area contributed by atoms with Gasteiger partial charge in [0.15, 0.2) is 0 Å². The summed E-state index contributed by atoms with van der Waals surface area (Å²) in [5.41, 5.74) is 19.6. The van der Waals surface area contributed by atoms with Crippen LogP contribution in [0.2, 0.25) is 5.02 Å². The molecule has 0 aliphatic carbocycles. The number of hydrogen-bond donors (Lipinski definition) is 12. The summed E-state index contributed by atoms with van der Waals surface area (Å²) in [6.45, 7) is 1.60. The summed E-state index contributed by atoms with van der Waals surface area (Å²) in [6.07, 6.45) is 0.128. The quantitative estimate of drug-likeness (QED) is 0.0176. The monoisotopic (exact) mass is 1130 g/mol. The Morgan fingerprint density at radius 3 is 1.59 bits per heavy atom. The molecular formula is C54H69ClN10O11S2. The smallest absolute Gasteiger partial charge is 0.248 e. The average Bonchev–Trinajstić information content (AvgIpc) is 3.41. The van der Waals surface area contributed by atoms with Crippen LogP contribution in [-0.2, 0) is 64.0 Å². The highest BCUT2D eigenvalue weighted by atomic mass is 35.5. The molecule has 15 N–H and O–H groups in total. The number of carbonyl (C=O) groups is 9. The number of nitrogens with two attached hydrogens (primary N) is 3. The first-order valence-corrected chi connectivity index (χ1v) is 28.0. The maximum Gasteiger partial charge on any atom is 0.248 e. The van der Waals surface area contributed by atoms with Crippen molar-refractivity contribution >= 4 is 86.7 Å². The number of amides is 8. The van der Waals surface area contributed by atoms with Gasteiger partial charge in [-0.2, -0.15) is 0 Å². The van der Waals surface area contributed by atoms with Crippen molar-refractivity contribution in [2.24, 2.45) is 17.2 Å². The molecule has 0 fully saturated rings. The Hall–Kier alpha value is -7.02. The second kappa shape index (κ2) is 33.3. The molecule has 2 unspecified atom stereocenters. The summed E-state index contributed by atoms with van der Waals surface area (Å²) < 4.78 is 0. The van der Waals surface area contributed by atoms with E-state index in [0.29, 0.717) is 47.3 Å². The van der Waals surface area contributed by atoms with Crippen molar-refractivity contribution in [3.63, 3.8) is 0 Å². The number of aryl methyl sites for hydroxylation is 1. The number of hydrogen-bond acceptors (Lipinski definition) is 15. The average molecular weight is 1130 g/mol. The van der Waals surface area contributed by atoms with Gasteiger partial charge in [0.1, 0.15) is 48.3 Å². The highest BCUT2D eigenvalue weighted by molar-refractivity contribution is 8.76. The van der Waals surface area contributed by atoms with Gasteiger partial charge in [0.05, 0.1) is 12.1 Å². The van der Waals surface area contributed by atoms with Gasteiger partial charge in [-0.1, -0.05) is 99.9 Å². The van der Waals surface area contributed by atoms with Crippen molar-refractivity contribution in [1.82, 2.24) is 37.2 Å². The van der Waals surface area contributed by atoms with Gasteiger partial charge in [0.25, 0.3) is 0 Å². The number of aliphatic hydroxyl groups excluding tert-OH is 1. The van der Waals surface area contributed by atoms with Gasteiger partial charge in [-0.05, 0) is 105 Å². The second-order valence-electron chi connectivity index (χ2n) is 18.3. The lowest BCUT2D eigenvalue weighted by Crippen LogP contribution is -2.60. The number of halogens is 1. The zero-order valence-electron chi connectivity index (χ0n) is 43.3. The lowest BCUT2D eigenvalue weighted by molar-refractivity contribution is -0.134. The molecule has 78 heavy (non-hydrogen) atoms. The fraction of sp³-hybridized carbons (Fsp3) is 0.389. The van der Waals surface area contributed by atoms with Crippen molar-refractivity contribution in [2.45, 2.75) is 107 Å². The van der Waals surface area contributed by atoms with Crippen LogP contribution in [0.3, 0.4) is 0 Å². The van der Waals surface area contributed by atoms with E-state index in [1.807, 2.05) is 0 Å². The lowest BCUT2D eigenvalue weighted by atomic mass is 10.0. The molecule has 0 saturated carbocycles. The van der Waals surface area contributed by atoms with Gasteiger partial charge in [-0.15, -0.1) is 0 Å². The summed E-state index contributed by atoms with van der Waals surface area (Å²) in [5, 5.41) is 39.3. The van der Waals surface area contributed by atoms with Crippen LogP contribution in [0, 0.1) is 0 Å². The molecule has 4 rings (SSSR count). The molecular weight excluding hydrogens is 1060 g/mol. The third-order valence-corrected chi connectivity index (χ3v) is 14.9.